The molecule has 148 valence electrons. The van der Waals surface area contributed by atoms with Crippen molar-refractivity contribution in [2.75, 3.05) is 13.7 Å². The molecule has 2 aromatic heterocycles. The van der Waals surface area contributed by atoms with Gasteiger partial charge in [0.05, 0.1) is 31.1 Å². The third kappa shape index (κ3) is 3.73. The van der Waals surface area contributed by atoms with E-state index in [1.807, 2.05) is 42.5 Å². The summed E-state index contributed by atoms with van der Waals surface area (Å²) in [4.78, 5) is 5.82. The van der Waals surface area contributed by atoms with Crippen molar-refractivity contribution in [1.29, 1.82) is 0 Å². The molecular weight excluding hydrogens is 384 g/mol. The summed E-state index contributed by atoms with van der Waals surface area (Å²) in [6, 6.07) is 18.0. The van der Waals surface area contributed by atoms with Crippen molar-refractivity contribution in [2.24, 2.45) is 4.99 Å². The second kappa shape index (κ2) is 7.89. The number of fused-ring (bicyclic) bond motifs is 1. The van der Waals surface area contributed by atoms with Crippen molar-refractivity contribution < 1.29 is 13.9 Å². The number of thiazole rings is 1. The number of methoxy groups -OCH3 is 1. The highest BCUT2D eigenvalue weighted by atomic mass is 32.1. The fraction of sp³-hybridized carbons (Fsp3) is 0.261. The van der Waals surface area contributed by atoms with E-state index in [2.05, 4.69) is 22.1 Å². The number of hydrogen-bond acceptors (Lipinski definition) is 5. The Balaban J connectivity index is 1.59. The molecule has 3 heterocycles. The van der Waals surface area contributed by atoms with Gasteiger partial charge < -0.3 is 18.5 Å². The van der Waals surface area contributed by atoms with Gasteiger partial charge in [0.25, 0.3) is 0 Å². The topological polar surface area (TPSA) is 48.9 Å². The van der Waals surface area contributed by atoms with Crippen molar-refractivity contribution in [1.82, 2.24) is 4.57 Å². The average Bonchev–Trinajstić information content (AvgIpc) is 3.49. The Morgan fingerprint density at radius 1 is 1.17 bits per heavy atom. The van der Waals surface area contributed by atoms with Crippen LogP contribution in [0.3, 0.4) is 0 Å². The van der Waals surface area contributed by atoms with Crippen LogP contribution in [-0.4, -0.2) is 24.4 Å². The summed E-state index contributed by atoms with van der Waals surface area (Å²) in [7, 11) is 1.67. The zero-order valence-electron chi connectivity index (χ0n) is 16.2. The lowest BCUT2D eigenvalue weighted by Gasteiger charge is -2.13. The van der Waals surface area contributed by atoms with Crippen molar-refractivity contribution in [3.05, 3.63) is 64.8 Å². The maximum Gasteiger partial charge on any atom is 0.190 e. The number of para-hydroxylation sites is 1. The van der Waals surface area contributed by atoms with Crippen LogP contribution < -0.4 is 9.54 Å². The summed E-state index contributed by atoms with van der Waals surface area (Å²) >= 11 is 1.62. The predicted molar refractivity (Wildman–Crippen MR) is 115 cm³/mol. The van der Waals surface area contributed by atoms with Gasteiger partial charge in [-0.25, -0.2) is 4.99 Å². The summed E-state index contributed by atoms with van der Waals surface area (Å²) in [6.45, 7) is 1.60. The van der Waals surface area contributed by atoms with E-state index in [4.69, 9.17) is 18.9 Å². The van der Waals surface area contributed by atoms with E-state index in [9.17, 15) is 0 Å². The van der Waals surface area contributed by atoms with Gasteiger partial charge in [0, 0.05) is 17.4 Å². The second-order valence-electron chi connectivity index (χ2n) is 7.11. The first-order valence-corrected chi connectivity index (χ1v) is 10.7. The third-order valence-corrected chi connectivity index (χ3v) is 6.05. The Labute approximate surface area is 172 Å². The lowest BCUT2D eigenvalue weighted by Crippen LogP contribution is -2.23. The van der Waals surface area contributed by atoms with E-state index in [1.165, 1.54) is 0 Å². The minimum Gasteiger partial charge on any atom is -0.497 e. The maximum atomic E-state index is 6.14. The zero-order valence-corrected chi connectivity index (χ0v) is 17.0. The van der Waals surface area contributed by atoms with Crippen LogP contribution >= 0.6 is 11.3 Å². The van der Waals surface area contributed by atoms with Gasteiger partial charge in [-0.15, -0.1) is 11.3 Å². The Hall–Kier alpha value is -2.83. The fourth-order valence-corrected chi connectivity index (χ4v) is 4.58. The lowest BCUT2D eigenvalue weighted by molar-refractivity contribution is 0.0967. The number of hydrogen-bond donors (Lipinski definition) is 0. The molecule has 0 N–H and O–H groups in total. The molecule has 2 aromatic carbocycles. The monoisotopic (exact) mass is 406 g/mol. The first-order chi connectivity index (χ1) is 14.3. The van der Waals surface area contributed by atoms with Crippen LogP contribution in [-0.2, 0) is 11.3 Å². The van der Waals surface area contributed by atoms with Crippen LogP contribution in [0, 0.1) is 0 Å². The summed E-state index contributed by atoms with van der Waals surface area (Å²) in [5.41, 5.74) is 2.82. The number of benzene rings is 2. The van der Waals surface area contributed by atoms with Gasteiger partial charge in [0.1, 0.15) is 11.3 Å². The number of furan rings is 1. The van der Waals surface area contributed by atoms with Crippen LogP contribution in [0.25, 0.3) is 22.4 Å². The van der Waals surface area contributed by atoms with E-state index in [-0.39, 0.29) is 6.10 Å². The Bertz CT molecular complexity index is 1150. The SMILES string of the molecule is COc1ccc(N=c2scc(-c3cc4ccccc4o3)n2C[C@H]2CCCO2)cc1. The van der Waals surface area contributed by atoms with E-state index < -0.39 is 0 Å². The molecule has 0 amide bonds. The normalized spacial score (nSPS) is 17.3. The molecule has 0 spiro atoms. The van der Waals surface area contributed by atoms with Gasteiger partial charge in [0.15, 0.2) is 10.6 Å². The minimum absolute atomic E-state index is 0.211. The van der Waals surface area contributed by atoms with Gasteiger partial charge >= 0.3 is 0 Å². The molecule has 0 saturated carbocycles. The number of nitrogens with zero attached hydrogens (tertiary/aromatic N) is 2. The van der Waals surface area contributed by atoms with Crippen LogP contribution in [0.2, 0.25) is 0 Å². The standard InChI is InChI=1S/C23H22N2O3S/c1-26-18-10-8-17(9-11-18)24-23-25(14-19-6-4-12-27-19)20(15-29-23)22-13-16-5-2-3-7-21(16)28-22/h2-3,5,7-11,13,15,19H,4,6,12,14H2,1H3/t19-/m1/s1. The fourth-order valence-electron chi connectivity index (χ4n) is 3.66. The van der Waals surface area contributed by atoms with Crippen molar-refractivity contribution in [3.8, 4) is 17.2 Å². The maximum absolute atomic E-state index is 6.14. The molecular formula is C23H22N2O3S. The molecule has 1 saturated heterocycles. The van der Waals surface area contributed by atoms with Crippen LogP contribution in [0.4, 0.5) is 5.69 Å². The van der Waals surface area contributed by atoms with Crippen molar-refractivity contribution >= 4 is 28.0 Å². The zero-order chi connectivity index (χ0) is 19.6. The lowest BCUT2D eigenvalue weighted by atomic mass is 10.2. The van der Waals surface area contributed by atoms with Crippen LogP contribution in [0.15, 0.2) is 69.4 Å². The largest absolute Gasteiger partial charge is 0.497 e. The van der Waals surface area contributed by atoms with Gasteiger partial charge in [-0.2, -0.15) is 0 Å². The summed E-state index contributed by atoms with van der Waals surface area (Å²) < 4.78 is 19.5. The smallest absolute Gasteiger partial charge is 0.190 e. The molecule has 5 nitrogen and oxygen atoms in total. The molecule has 0 radical (unpaired) electrons. The Morgan fingerprint density at radius 2 is 2.03 bits per heavy atom. The average molecular weight is 407 g/mol. The molecule has 1 aliphatic rings. The quantitative estimate of drug-likeness (QED) is 0.447. The molecule has 0 bridgehead atoms. The molecule has 0 aliphatic carbocycles. The summed E-state index contributed by atoms with van der Waals surface area (Å²) in [5.74, 6) is 1.68. The Morgan fingerprint density at radius 3 is 2.79 bits per heavy atom. The molecule has 0 unspecified atom stereocenters. The second-order valence-corrected chi connectivity index (χ2v) is 7.94. The predicted octanol–water partition coefficient (Wildman–Crippen LogP) is 5.38. The van der Waals surface area contributed by atoms with Crippen LogP contribution in [0.1, 0.15) is 12.8 Å². The van der Waals surface area contributed by atoms with Gasteiger partial charge in [-0.1, -0.05) is 18.2 Å². The Kier molecular flexibility index (Phi) is 4.96. The third-order valence-electron chi connectivity index (χ3n) is 5.18. The molecule has 29 heavy (non-hydrogen) atoms. The first kappa shape index (κ1) is 18.2. The molecule has 1 fully saturated rings. The summed E-state index contributed by atoms with van der Waals surface area (Å²) in [6.07, 6.45) is 2.40. The number of rotatable bonds is 5. The number of aromatic nitrogens is 1. The first-order valence-electron chi connectivity index (χ1n) is 9.78. The molecule has 4 aromatic rings. The van der Waals surface area contributed by atoms with Gasteiger partial charge in [-0.3, -0.25) is 0 Å². The highest BCUT2D eigenvalue weighted by molar-refractivity contribution is 7.07. The van der Waals surface area contributed by atoms with E-state index in [0.717, 1.165) is 64.7 Å². The molecule has 6 heteroatoms. The van der Waals surface area contributed by atoms with Crippen LogP contribution in [0.5, 0.6) is 5.75 Å². The van der Waals surface area contributed by atoms with E-state index >= 15 is 0 Å². The van der Waals surface area contributed by atoms with E-state index in [1.54, 1.807) is 18.4 Å². The summed E-state index contributed by atoms with van der Waals surface area (Å²) in [5, 5.41) is 3.22. The minimum atomic E-state index is 0.211. The highest BCUT2D eigenvalue weighted by Gasteiger charge is 2.20. The molecule has 5 rings (SSSR count). The van der Waals surface area contributed by atoms with Gasteiger partial charge in [0.2, 0.25) is 0 Å². The molecule has 1 aliphatic heterocycles. The number of ether oxygens (including phenoxy) is 2. The van der Waals surface area contributed by atoms with Crippen molar-refractivity contribution in [2.45, 2.75) is 25.5 Å². The van der Waals surface area contributed by atoms with Gasteiger partial charge in [-0.05, 0) is 49.2 Å². The molecule has 1 atom stereocenters. The van der Waals surface area contributed by atoms with E-state index in [0.29, 0.717) is 0 Å². The van der Waals surface area contributed by atoms with Crippen molar-refractivity contribution in [3.63, 3.8) is 0 Å². The highest BCUT2D eigenvalue weighted by Crippen LogP contribution is 2.29.